The number of benzene rings is 1. The molecule has 37 heavy (non-hydrogen) atoms. The van der Waals surface area contributed by atoms with Gasteiger partial charge in [-0.3, -0.25) is 14.8 Å². The number of pyridine rings is 2. The van der Waals surface area contributed by atoms with Gasteiger partial charge in [-0.25, -0.2) is 4.79 Å². The molecule has 7 nitrogen and oxygen atoms in total. The van der Waals surface area contributed by atoms with Crippen molar-refractivity contribution < 1.29 is 14.3 Å². The van der Waals surface area contributed by atoms with Gasteiger partial charge >= 0.3 is 6.09 Å². The first-order valence-corrected chi connectivity index (χ1v) is 13.1. The lowest BCUT2D eigenvalue weighted by atomic mass is 9.82. The number of aromatic nitrogens is 2. The Morgan fingerprint density at radius 3 is 2.68 bits per heavy atom. The molecule has 1 saturated heterocycles. The Morgan fingerprint density at radius 1 is 1.16 bits per heavy atom. The van der Waals surface area contributed by atoms with E-state index in [4.69, 9.17) is 21.3 Å². The first-order chi connectivity index (χ1) is 17.5. The third-order valence-corrected chi connectivity index (χ3v) is 7.72. The Morgan fingerprint density at radius 2 is 1.95 bits per heavy atom. The number of carbonyl (C=O) groups is 2. The molecule has 2 atom stereocenters. The van der Waals surface area contributed by atoms with Crippen molar-refractivity contribution in [3.8, 4) is 0 Å². The molecule has 196 valence electrons. The largest absolute Gasteiger partial charge is 0.449 e. The van der Waals surface area contributed by atoms with E-state index in [1.807, 2.05) is 49.3 Å². The van der Waals surface area contributed by atoms with Gasteiger partial charge in [0.2, 0.25) is 0 Å². The van der Waals surface area contributed by atoms with Crippen LogP contribution in [0.25, 0.3) is 10.9 Å². The number of hydrogen-bond acceptors (Lipinski definition) is 5. The number of halogens is 1. The summed E-state index contributed by atoms with van der Waals surface area (Å²) >= 11 is 6.84. The zero-order valence-corrected chi connectivity index (χ0v) is 23.0. The second-order valence-corrected chi connectivity index (χ2v) is 10.1. The molecule has 2 aliphatic rings. The number of ether oxygens (including phenoxy) is 1. The molecule has 1 aliphatic heterocycles. The lowest BCUT2D eigenvalue weighted by Gasteiger charge is -2.39. The van der Waals surface area contributed by atoms with Crippen LogP contribution in [0, 0.1) is 0 Å². The van der Waals surface area contributed by atoms with Gasteiger partial charge in [0.25, 0.3) is 5.91 Å². The second-order valence-electron chi connectivity index (χ2n) is 9.71. The molecule has 9 heteroatoms. The molecule has 0 spiro atoms. The van der Waals surface area contributed by atoms with Gasteiger partial charge in [-0.05, 0) is 73.9 Å². The molecular weight excluding hydrogens is 508 g/mol. The summed E-state index contributed by atoms with van der Waals surface area (Å²) in [6, 6.07) is 9.63. The minimum atomic E-state index is -0.310. The molecular formula is C28H33ClN4O3S. The van der Waals surface area contributed by atoms with Gasteiger partial charge in [0.15, 0.2) is 0 Å². The molecule has 2 aromatic heterocycles. The maximum Gasteiger partial charge on any atom is 0.409 e. The summed E-state index contributed by atoms with van der Waals surface area (Å²) in [5.74, 6) is 0.323. The third kappa shape index (κ3) is 5.55. The summed E-state index contributed by atoms with van der Waals surface area (Å²) in [4.78, 5) is 38.3. The minimum absolute atomic E-state index is 0. The van der Waals surface area contributed by atoms with E-state index in [9.17, 15) is 9.59 Å². The van der Waals surface area contributed by atoms with E-state index < -0.39 is 0 Å². The Bertz CT molecular complexity index is 1290. The van der Waals surface area contributed by atoms with Gasteiger partial charge in [0.05, 0.1) is 17.1 Å². The lowest BCUT2D eigenvalue weighted by Crippen LogP contribution is -2.55. The summed E-state index contributed by atoms with van der Waals surface area (Å²) in [5.41, 5.74) is 4.73. The SMILES string of the molecule is CCCOC(=O)N1CCN(C(=O)c2ccc3c(Cl)c4c(nc3c2)CC(c2ccncc2)CC4)[C@@H](C)C1.S. The number of fused-ring (bicyclic) bond motifs is 2. The fraction of sp³-hybridized carbons (Fsp3) is 0.429. The first-order valence-electron chi connectivity index (χ1n) is 12.7. The van der Waals surface area contributed by atoms with Crippen molar-refractivity contribution in [2.45, 2.75) is 51.5 Å². The predicted molar refractivity (Wildman–Crippen MR) is 150 cm³/mol. The molecule has 0 radical (unpaired) electrons. The zero-order valence-electron chi connectivity index (χ0n) is 21.2. The number of rotatable bonds is 4. The fourth-order valence-corrected chi connectivity index (χ4v) is 5.68. The molecule has 0 saturated carbocycles. The number of amides is 2. The van der Waals surface area contributed by atoms with E-state index in [1.165, 1.54) is 5.56 Å². The van der Waals surface area contributed by atoms with Crippen LogP contribution in [0.2, 0.25) is 5.02 Å². The first kappa shape index (κ1) is 27.2. The summed E-state index contributed by atoms with van der Waals surface area (Å²) in [6.07, 6.45) is 6.86. The van der Waals surface area contributed by atoms with Gasteiger partial charge in [-0.2, -0.15) is 13.5 Å². The van der Waals surface area contributed by atoms with Crippen LogP contribution in [-0.4, -0.2) is 64.1 Å². The van der Waals surface area contributed by atoms with Crippen molar-refractivity contribution in [2.75, 3.05) is 26.2 Å². The maximum atomic E-state index is 13.4. The van der Waals surface area contributed by atoms with E-state index in [0.29, 0.717) is 37.7 Å². The van der Waals surface area contributed by atoms with Crippen molar-refractivity contribution in [3.05, 3.63) is 70.1 Å². The van der Waals surface area contributed by atoms with Gasteiger partial charge in [0, 0.05) is 54.7 Å². The topological polar surface area (TPSA) is 75.6 Å². The molecule has 0 N–H and O–H groups in total. The third-order valence-electron chi connectivity index (χ3n) is 7.29. The summed E-state index contributed by atoms with van der Waals surface area (Å²) in [5, 5.41) is 1.63. The molecule has 5 rings (SSSR count). The molecule has 3 aromatic rings. The summed E-state index contributed by atoms with van der Waals surface area (Å²) < 4.78 is 5.26. The normalized spacial score (nSPS) is 19.2. The van der Waals surface area contributed by atoms with E-state index in [-0.39, 0.29) is 31.5 Å². The summed E-state index contributed by atoms with van der Waals surface area (Å²) in [6.45, 7) is 5.71. The quantitative estimate of drug-likeness (QED) is 0.445. The van der Waals surface area contributed by atoms with Gasteiger partial charge < -0.3 is 14.5 Å². The van der Waals surface area contributed by atoms with Crippen LogP contribution in [0.5, 0.6) is 0 Å². The molecule has 0 bridgehead atoms. The number of piperazine rings is 1. The van der Waals surface area contributed by atoms with Crippen LogP contribution in [0.1, 0.15) is 59.8 Å². The predicted octanol–water partition coefficient (Wildman–Crippen LogP) is 5.36. The van der Waals surface area contributed by atoms with Crippen molar-refractivity contribution in [2.24, 2.45) is 0 Å². The molecule has 1 fully saturated rings. The van der Waals surface area contributed by atoms with Crippen molar-refractivity contribution >= 4 is 48.0 Å². The van der Waals surface area contributed by atoms with Crippen molar-refractivity contribution in [3.63, 3.8) is 0 Å². The van der Waals surface area contributed by atoms with E-state index in [0.717, 1.165) is 52.9 Å². The zero-order chi connectivity index (χ0) is 25.2. The highest BCUT2D eigenvalue weighted by Gasteiger charge is 2.31. The number of hydrogen-bond donors (Lipinski definition) is 0. The molecule has 1 aromatic carbocycles. The van der Waals surface area contributed by atoms with Crippen molar-refractivity contribution in [1.29, 1.82) is 0 Å². The van der Waals surface area contributed by atoms with Crippen LogP contribution in [-0.2, 0) is 17.6 Å². The standard InChI is InChI=1S/C28H31ClN4O3.H2S/c1-3-14-36-28(35)32-12-13-33(18(2)17-32)27(34)21-5-7-23-25(16-21)31-24-15-20(4-6-22(24)26(23)29)19-8-10-30-11-9-19;/h5,7-11,16,18,20H,3-4,6,12-15,17H2,1-2H3;1H2/t18-,20?;/m0./s1. The van der Waals surface area contributed by atoms with Crippen LogP contribution in [0.4, 0.5) is 4.79 Å². The molecule has 1 aliphatic carbocycles. The highest BCUT2D eigenvalue weighted by atomic mass is 35.5. The highest BCUT2D eigenvalue weighted by Crippen LogP contribution is 2.38. The highest BCUT2D eigenvalue weighted by molar-refractivity contribution is 7.59. The maximum absolute atomic E-state index is 13.4. The van der Waals surface area contributed by atoms with Crippen molar-refractivity contribution in [1.82, 2.24) is 19.8 Å². The number of nitrogens with zero attached hydrogens (tertiary/aromatic N) is 4. The Hall–Kier alpha value is -2.84. The van der Waals surface area contributed by atoms with E-state index >= 15 is 0 Å². The molecule has 2 amide bonds. The second kappa shape index (κ2) is 11.7. The molecule has 1 unspecified atom stereocenters. The van der Waals surface area contributed by atoms with Gasteiger partial charge in [-0.1, -0.05) is 24.6 Å². The van der Waals surface area contributed by atoms with Crippen LogP contribution < -0.4 is 0 Å². The lowest BCUT2D eigenvalue weighted by molar-refractivity contribution is 0.0414. The van der Waals surface area contributed by atoms with Gasteiger partial charge in [0.1, 0.15) is 0 Å². The Labute approximate surface area is 229 Å². The minimum Gasteiger partial charge on any atom is -0.449 e. The number of carbonyl (C=O) groups excluding carboxylic acids is 2. The van der Waals surface area contributed by atoms with Crippen LogP contribution in [0.3, 0.4) is 0 Å². The van der Waals surface area contributed by atoms with Crippen LogP contribution in [0.15, 0.2) is 42.7 Å². The average Bonchev–Trinajstić information content (AvgIpc) is 2.91. The summed E-state index contributed by atoms with van der Waals surface area (Å²) in [7, 11) is 0. The Balaban J connectivity index is 0.00000320. The smallest absolute Gasteiger partial charge is 0.409 e. The molecule has 3 heterocycles. The van der Waals surface area contributed by atoms with Gasteiger partial charge in [-0.15, -0.1) is 0 Å². The van der Waals surface area contributed by atoms with E-state index in [1.54, 1.807) is 4.90 Å². The Kier molecular flexibility index (Phi) is 8.60. The van der Waals surface area contributed by atoms with Crippen LogP contribution >= 0.6 is 25.1 Å². The fourth-order valence-electron chi connectivity index (χ4n) is 5.31. The monoisotopic (exact) mass is 540 g/mol. The van der Waals surface area contributed by atoms with E-state index in [2.05, 4.69) is 17.1 Å². The average molecular weight is 541 g/mol.